The van der Waals surface area contributed by atoms with Crippen molar-refractivity contribution in [2.75, 3.05) is 46.4 Å². The van der Waals surface area contributed by atoms with Gasteiger partial charge in [0, 0.05) is 26.2 Å². The van der Waals surface area contributed by atoms with Gasteiger partial charge in [-0.3, -0.25) is 9.69 Å². The molecule has 0 spiro atoms. The normalized spacial score (nSPS) is 32.0. The van der Waals surface area contributed by atoms with Gasteiger partial charge in [0.05, 0.1) is 13.2 Å². The molecule has 0 radical (unpaired) electrons. The number of aliphatic carboxylic acids is 1. The Bertz CT molecular complexity index is 272. The summed E-state index contributed by atoms with van der Waals surface area (Å²) in [5.74, 6) is -0.0820. The van der Waals surface area contributed by atoms with Crippen molar-refractivity contribution in [2.45, 2.75) is 18.9 Å². The van der Waals surface area contributed by atoms with E-state index in [1.807, 2.05) is 0 Å². The SMILES string of the molecule is COCCN(CC(=O)O)C1CCN2CCC1C2. The molecule has 0 saturated carbocycles. The third-order valence-corrected chi connectivity index (χ3v) is 3.98. The van der Waals surface area contributed by atoms with Crippen LogP contribution in [0.1, 0.15) is 12.8 Å². The van der Waals surface area contributed by atoms with Gasteiger partial charge in [-0.05, 0) is 31.8 Å². The van der Waals surface area contributed by atoms with Crippen LogP contribution in [-0.4, -0.2) is 73.4 Å². The van der Waals surface area contributed by atoms with Gasteiger partial charge in [-0.15, -0.1) is 0 Å². The second-order valence-corrected chi connectivity index (χ2v) is 5.06. The number of hydrogen-bond donors (Lipinski definition) is 1. The van der Waals surface area contributed by atoms with E-state index in [-0.39, 0.29) is 6.54 Å². The minimum Gasteiger partial charge on any atom is -0.480 e. The van der Waals surface area contributed by atoms with Crippen molar-refractivity contribution in [1.29, 1.82) is 0 Å². The van der Waals surface area contributed by atoms with Crippen LogP contribution in [0.5, 0.6) is 0 Å². The molecule has 0 amide bonds. The molecule has 0 aliphatic carbocycles. The van der Waals surface area contributed by atoms with E-state index in [9.17, 15) is 4.79 Å². The molecule has 3 unspecified atom stereocenters. The molecule has 0 aromatic carbocycles. The van der Waals surface area contributed by atoms with Crippen LogP contribution in [0.25, 0.3) is 0 Å². The second-order valence-electron chi connectivity index (χ2n) is 5.06. The van der Waals surface area contributed by atoms with Gasteiger partial charge >= 0.3 is 5.97 Å². The highest BCUT2D eigenvalue weighted by atomic mass is 16.5. The number of carboxylic acid groups (broad SMARTS) is 1. The lowest BCUT2D eigenvalue weighted by Gasteiger charge is -2.38. The molecule has 17 heavy (non-hydrogen) atoms. The quantitative estimate of drug-likeness (QED) is 0.716. The highest BCUT2D eigenvalue weighted by Crippen LogP contribution is 2.30. The van der Waals surface area contributed by atoms with E-state index < -0.39 is 5.97 Å². The third kappa shape index (κ3) is 3.18. The number of methoxy groups -OCH3 is 1. The maximum Gasteiger partial charge on any atom is 0.317 e. The van der Waals surface area contributed by atoms with Gasteiger partial charge in [-0.1, -0.05) is 0 Å². The van der Waals surface area contributed by atoms with Crippen molar-refractivity contribution < 1.29 is 14.6 Å². The first-order chi connectivity index (χ1) is 8.20. The maximum atomic E-state index is 10.9. The first kappa shape index (κ1) is 12.8. The van der Waals surface area contributed by atoms with Crippen molar-refractivity contribution in [3.8, 4) is 0 Å². The molecule has 2 aliphatic heterocycles. The van der Waals surface area contributed by atoms with E-state index in [1.165, 1.54) is 13.0 Å². The molecule has 0 aromatic heterocycles. The standard InChI is InChI=1S/C12H22N2O3/c1-17-7-6-14(9-12(15)16)11-3-5-13-4-2-10(11)8-13/h10-11H,2-9H2,1H3,(H,15,16). The first-order valence-electron chi connectivity index (χ1n) is 6.38. The topological polar surface area (TPSA) is 53.0 Å². The van der Waals surface area contributed by atoms with E-state index in [2.05, 4.69) is 9.80 Å². The number of carboxylic acids is 1. The average Bonchev–Trinajstić information content (AvgIpc) is 2.67. The van der Waals surface area contributed by atoms with Crippen LogP contribution >= 0.6 is 0 Å². The number of rotatable bonds is 6. The minimum absolute atomic E-state index is 0.143. The number of piperidine rings is 1. The number of hydrogen-bond acceptors (Lipinski definition) is 4. The Morgan fingerprint density at radius 1 is 1.47 bits per heavy atom. The minimum atomic E-state index is -0.735. The van der Waals surface area contributed by atoms with Gasteiger partial charge in [-0.25, -0.2) is 0 Å². The molecular formula is C12H22N2O3. The largest absolute Gasteiger partial charge is 0.480 e. The highest BCUT2D eigenvalue weighted by Gasteiger charge is 2.37. The molecule has 2 aliphatic rings. The van der Waals surface area contributed by atoms with Gasteiger partial charge in [-0.2, -0.15) is 0 Å². The Labute approximate surface area is 102 Å². The summed E-state index contributed by atoms with van der Waals surface area (Å²) < 4.78 is 5.08. The molecule has 3 atom stereocenters. The number of carbonyl (C=O) groups is 1. The summed E-state index contributed by atoms with van der Waals surface area (Å²) in [5.41, 5.74) is 0. The van der Waals surface area contributed by atoms with Crippen LogP contribution in [0.2, 0.25) is 0 Å². The smallest absolute Gasteiger partial charge is 0.317 e. The van der Waals surface area contributed by atoms with Crippen LogP contribution < -0.4 is 0 Å². The lowest BCUT2D eigenvalue weighted by molar-refractivity contribution is -0.139. The summed E-state index contributed by atoms with van der Waals surface area (Å²) in [6.07, 6.45) is 2.31. The van der Waals surface area contributed by atoms with Crippen molar-refractivity contribution in [3.63, 3.8) is 0 Å². The van der Waals surface area contributed by atoms with Crippen LogP contribution in [0.4, 0.5) is 0 Å². The summed E-state index contributed by atoms with van der Waals surface area (Å²) in [6.45, 7) is 4.93. The summed E-state index contributed by atoms with van der Waals surface area (Å²) in [6, 6.07) is 0.431. The zero-order valence-electron chi connectivity index (χ0n) is 10.5. The number of fused-ring (bicyclic) bond motifs is 2. The molecular weight excluding hydrogens is 220 g/mol. The predicted molar refractivity (Wildman–Crippen MR) is 64.0 cm³/mol. The monoisotopic (exact) mass is 242 g/mol. The Balaban J connectivity index is 1.95. The van der Waals surface area contributed by atoms with Crippen molar-refractivity contribution >= 4 is 5.97 Å². The second kappa shape index (κ2) is 5.80. The van der Waals surface area contributed by atoms with Gasteiger partial charge in [0.25, 0.3) is 0 Å². The van der Waals surface area contributed by atoms with Crippen molar-refractivity contribution in [3.05, 3.63) is 0 Å². The van der Waals surface area contributed by atoms with E-state index in [4.69, 9.17) is 9.84 Å². The van der Waals surface area contributed by atoms with E-state index in [0.717, 1.165) is 26.1 Å². The number of ether oxygens (including phenoxy) is 1. The summed E-state index contributed by atoms with van der Waals surface area (Å²) in [5, 5.41) is 8.99. The van der Waals surface area contributed by atoms with Gasteiger partial charge in [0.15, 0.2) is 0 Å². The van der Waals surface area contributed by atoms with Crippen LogP contribution in [-0.2, 0) is 9.53 Å². The highest BCUT2D eigenvalue weighted by molar-refractivity contribution is 5.69. The zero-order chi connectivity index (χ0) is 12.3. The molecule has 1 N–H and O–H groups in total. The van der Waals surface area contributed by atoms with Gasteiger partial charge in [0.1, 0.15) is 0 Å². The fourth-order valence-corrected chi connectivity index (χ4v) is 3.16. The summed E-state index contributed by atoms with van der Waals surface area (Å²) >= 11 is 0. The summed E-state index contributed by atoms with van der Waals surface area (Å²) in [4.78, 5) is 15.5. The average molecular weight is 242 g/mol. The van der Waals surface area contributed by atoms with Crippen molar-refractivity contribution in [2.24, 2.45) is 5.92 Å². The van der Waals surface area contributed by atoms with E-state index in [1.54, 1.807) is 7.11 Å². The Kier molecular flexibility index (Phi) is 4.36. The predicted octanol–water partition coefficient (Wildman–Crippen LogP) is 0.114. The van der Waals surface area contributed by atoms with Gasteiger partial charge in [0.2, 0.25) is 0 Å². The molecule has 5 heteroatoms. The Morgan fingerprint density at radius 2 is 2.24 bits per heavy atom. The summed E-state index contributed by atoms with van der Waals surface area (Å²) in [7, 11) is 1.66. The Hall–Kier alpha value is -0.650. The van der Waals surface area contributed by atoms with Crippen LogP contribution in [0, 0.1) is 5.92 Å². The molecule has 2 rings (SSSR count). The first-order valence-corrected chi connectivity index (χ1v) is 6.38. The van der Waals surface area contributed by atoms with E-state index >= 15 is 0 Å². The molecule has 2 saturated heterocycles. The van der Waals surface area contributed by atoms with Gasteiger partial charge < -0.3 is 14.7 Å². The van der Waals surface area contributed by atoms with Crippen molar-refractivity contribution in [1.82, 2.24) is 9.80 Å². The molecule has 2 heterocycles. The molecule has 5 nitrogen and oxygen atoms in total. The third-order valence-electron chi connectivity index (χ3n) is 3.98. The Morgan fingerprint density at radius 3 is 2.94 bits per heavy atom. The molecule has 98 valence electrons. The van der Waals surface area contributed by atoms with Crippen LogP contribution in [0.15, 0.2) is 0 Å². The fraction of sp³-hybridized carbons (Fsp3) is 0.917. The lowest BCUT2D eigenvalue weighted by atomic mass is 9.92. The molecule has 0 aromatic rings. The molecule has 2 fully saturated rings. The number of nitrogens with zero attached hydrogens (tertiary/aromatic N) is 2. The van der Waals surface area contributed by atoms with Crippen LogP contribution in [0.3, 0.4) is 0 Å². The van der Waals surface area contributed by atoms with E-state index in [0.29, 0.717) is 18.6 Å². The zero-order valence-corrected chi connectivity index (χ0v) is 10.5. The maximum absolute atomic E-state index is 10.9. The fourth-order valence-electron chi connectivity index (χ4n) is 3.16. The lowest BCUT2D eigenvalue weighted by Crippen LogP contribution is -2.49. The molecule has 2 bridgehead atoms.